The summed E-state index contributed by atoms with van der Waals surface area (Å²) in [5.74, 6) is 6.00. The van der Waals surface area contributed by atoms with Gasteiger partial charge in [-0.15, -0.1) is 5.92 Å². The van der Waals surface area contributed by atoms with Crippen LogP contribution < -0.4 is 5.56 Å². The predicted octanol–water partition coefficient (Wildman–Crippen LogP) is 2.29. The van der Waals surface area contributed by atoms with Gasteiger partial charge in [0.05, 0.1) is 26.3 Å². The van der Waals surface area contributed by atoms with Crippen LogP contribution in [0.1, 0.15) is 30.5 Å². The summed E-state index contributed by atoms with van der Waals surface area (Å²) in [5.41, 5.74) is 3.97. The maximum atomic E-state index is 12.9. The van der Waals surface area contributed by atoms with Crippen molar-refractivity contribution >= 4 is 0 Å². The Balaban J connectivity index is 2.26. The molecular formula is C19H22N2O3. The molecule has 0 amide bonds. The van der Waals surface area contributed by atoms with Crippen molar-refractivity contribution in [3.05, 3.63) is 39.2 Å². The molecule has 0 radical (unpaired) electrons. The number of benzene rings is 1. The molecule has 5 heteroatoms. The van der Waals surface area contributed by atoms with Gasteiger partial charge in [-0.2, -0.15) is 0 Å². The fourth-order valence-corrected chi connectivity index (χ4v) is 3.36. The van der Waals surface area contributed by atoms with E-state index >= 15 is 0 Å². The standard InChI is InChI=1S/C19H22N2O3/c1-4-6-14-11-13(3)16(15(5-2)12-14)17-18(22)20-7-9-24-10-8-21(20)19(17)23/h11-12,22H,5,7-10H2,1-3H3. The molecule has 3 rings (SSSR count). The number of nitrogens with zero attached hydrogens (tertiary/aromatic N) is 2. The molecule has 2 heterocycles. The van der Waals surface area contributed by atoms with Crippen molar-refractivity contribution in [3.63, 3.8) is 0 Å². The second-order valence-electron chi connectivity index (χ2n) is 5.92. The first kappa shape index (κ1) is 16.4. The SMILES string of the molecule is CC#Cc1cc(C)c(-c2c(O)n3n(c2=O)CCOCC3)c(CC)c1. The van der Waals surface area contributed by atoms with Gasteiger partial charge in [0.2, 0.25) is 5.88 Å². The topological polar surface area (TPSA) is 56.4 Å². The van der Waals surface area contributed by atoms with E-state index in [9.17, 15) is 9.90 Å². The average Bonchev–Trinajstić information content (AvgIpc) is 2.75. The lowest BCUT2D eigenvalue weighted by molar-refractivity contribution is 0.137. The first-order chi connectivity index (χ1) is 11.6. The van der Waals surface area contributed by atoms with Crippen LogP contribution in [0.25, 0.3) is 11.1 Å². The van der Waals surface area contributed by atoms with Gasteiger partial charge in [0.15, 0.2) is 0 Å². The van der Waals surface area contributed by atoms with Gasteiger partial charge in [-0.1, -0.05) is 12.8 Å². The van der Waals surface area contributed by atoms with Crippen molar-refractivity contribution in [1.82, 2.24) is 9.36 Å². The van der Waals surface area contributed by atoms with Crippen LogP contribution in [0, 0.1) is 18.8 Å². The molecular weight excluding hydrogens is 304 g/mol. The number of ether oxygens (including phenoxy) is 1. The number of hydrogen-bond donors (Lipinski definition) is 1. The Morgan fingerprint density at radius 2 is 1.92 bits per heavy atom. The Bertz CT molecular complexity index is 894. The van der Waals surface area contributed by atoms with E-state index in [1.165, 1.54) is 0 Å². The summed E-state index contributed by atoms with van der Waals surface area (Å²) in [6.07, 6.45) is 0.766. The van der Waals surface area contributed by atoms with E-state index in [2.05, 4.69) is 11.8 Å². The number of rotatable bonds is 2. The van der Waals surface area contributed by atoms with Gasteiger partial charge in [-0.25, -0.2) is 9.36 Å². The predicted molar refractivity (Wildman–Crippen MR) is 93.3 cm³/mol. The van der Waals surface area contributed by atoms with Crippen LogP contribution in [0.5, 0.6) is 5.88 Å². The lowest BCUT2D eigenvalue weighted by Crippen LogP contribution is -2.23. The number of hydrogen-bond acceptors (Lipinski definition) is 3. The van der Waals surface area contributed by atoms with Gasteiger partial charge in [0, 0.05) is 5.56 Å². The number of fused-ring (bicyclic) bond motifs is 1. The third-order valence-electron chi connectivity index (χ3n) is 4.42. The first-order valence-corrected chi connectivity index (χ1v) is 8.25. The maximum Gasteiger partial charge on any atom is 0.278 e. The van der Waals surface area contributed by atoms with Crippen LogP contribution in [0.4, 0.5) is 0 Å². The van der Waals surface area contributed by atoms with Gasteiger partial charge >= 0.3 is 0 Å². The summed E-state index contributed by atoms with van der Waals surface area (Å²) < 4.78 is 8.60. The molecule has 0 bridgehead atoms. The Kier molecular flexibility index (Phi) is 4.50. The summed E-state index contributed by atoms with van der Waals surface area (Å²) in [6.45, 7) is 7.71. The van der Waals surface area contributed by atoms with E-state index in [-0.39, 0.29) is 11.4 Å². The van der Waals surface area contributed by atoms with Crippen molar-refractivity contribution in [3.8, 4) is 28.8 Å². The smallest absolute Gasteiger partial charge is 0.278 e. The Morgan fingerprint density at radius 1 is 1.21 bits per heavy atom. The molecule has 2 aromatic rings. The third-order valence-corrected chi connectivity index (χ3v) is 4.42. The number of aryl methyl sites for hydroxylation is 2. The van der Waals surface area contributed by atoms with Crippen molar-refractivity contribution in [1.29, 1.82) is 0 Å². The molecule has 0 saturated carbocycles. The molecule has 1 aliphatic rings. The van der Waals surface area contributed by atoms with E-state index in [1.54, 1.807) is 16.3 Å². The molecule has 1 aromatic carbocycles. The Morgan fingerprint density at radius 3 is 2.58 bits per heavy atom. The van der Waals surface area contributed by atoms with Crippen molar-refractivity contribution in [2.75, 3.05) is 13.2 Å². The van der Waals surface area contributed by atoms with E-state index in [0.717, 1.165) is 28.7 Å². The third kappa shape index (κ3) is 2.63. The van der Waals surface area contributed by atoms with Gasteiger partial charge in [0.25, 0.3) is 5.56 Å². The molecule has 126 valence electrons. The van der Waals surface area contributed by atoms with Crippen LogP contribution in [-0.2, 0) is 24.2 Å². The van der Waals surface area contributed by atoms with E-state index < -0.39 is 0 Å². The monoisotopic (exact) mass is 326 g/mol. The fraction of sp³-hybridized carbons (Fsp3) is 0.421. The molecule has 0 saturated heterocycles. The summed E-state index contributed by atoms with van der Waals surface area (Å²) in [6, 6.07) is 3.98. The van der Waals surface area contributed by atoms with Crippen LogP contribution in [0.2, 0.25) is 0 Å². The zero-order valence-corrected chi connectivity index (χ0v) is 14.3. The van der Waals surface area contributed by atoms with Crippen LogP contribution in [0.15, 0.2) is 16.9 Å². The highest BCUT2D eigenvalue weighted by Gasteiger charge is 2.25. The second-order valence-corrected chi connectivity index (χ2v) is 5.92. The maximum absolute atomic E-state index is 12.9. The quantitative estimate of drug-likeness (QED) is 0.862. The summed E-state index contributed by atoms with van der Waals surface area (Å²) in [5, 5.41) is 10.7. The van der Waals surface area contributed by atoms with E-state index in [4.69, 9.17) is 4.74 Å². The average molecular weight is 326 g/mol. The van der Waals surface area contributed by atoms with Gasteiger partial charge in [-0.05, 0) is 49.1 Å². The van der Waals surface area contributed by atoms with Gasteiger partial charge < -0.3 is 9.84 Å². The number of aromatic hydroxyl groups is 1. The van der Waals surface area contributed by atoms with Crippen LogP contribution in [0.3, 0.4) is 0 Å². The summed E-state index contributed by atoms with van der Waals surface area (Å²) in [4.78, 5) is 12.9. The van der Waals surface area contributed by atoms with Crippen molar-refractivity contribution in [2.45, 2.75) is 40.3 Å². The molecule has 0 fully saturated rings. The van der Waals surface area contributed by atoms with Crippen LogP contribution in [-0.4, -0.2) is 27.7 Å². The van der Waals surface area contributed by atoms with Crippen molar-refractivity contribution in [2.24, 2.45) is 0 Å². The molecule has 0 aliphatic carbocycles. The lowest BCUT2D eigenvalue weighted by atomic mass is 9.93. The van der Waals surface area contributed by atoms with Crippen molar-refractivity contribution < 1.29 is 9.84 Å². The van der Waals surface area contributed by atoms with E-state index in [0.29, 0.717) is 31.9 Å². The molecule has 1 aromatic heterocycles. The molecule has 0 spiro atoms. The Hall–Kier alpha value is -2.45. The molecule has 24 heavy (non-hydrogen) atoms. The minimum atomic E-state index is -0.162. The summed E-state index contributed by atoms with van der Waals surface area (Å²) in [7, 11) is 0. The minimum absolute atomic E-state index is 0.0256. The molecule has 1 aliphatic heterocycles. The largest absolute Gasteiger partial charge is 0.493 e. The van der Waals surface area contributed by atoms with Gasteiger partial charge in [-0.3, -0.25) is 4.79 Å². The highest BCUT2D eigenvalue weighted by Crippen LogP contribution is 2.33. The lowest BCUT2D eigenvalue weighted by Gasteiger charge is -2.11. The number of aromatic nitrogens is 2. The minimum Gasteiger partial charge on any atom is -0.493 e. The normalized spacial score (nSPS) is 13.8. The molecule has 5 nitrogen and oxygen atoms in total. The zero-order valence-electron chi connectivity index (χ0n) is 14.3. The molecule has 1 N–H and O–H groups in total. The highest BCUT2D eigenvalue weighted by atomic mass is 16.5. The van der Waals surface area contributed by atoms with Crippen LogP contribution >= 0.6 is 0 Å². The van der Waals surface area contributed by atoms with E-state index in [1.807, 2.05) is 26.0 Å². The first-order valence-electron chi connectivity index (χ1n) is 8.25. The highest BCUT2D eigenvalue weighted by molar-refractivity contribution is 5.75. The zero-order chi connectivity index (χ0) is 17.3. The molecule has 0 atom stereocenters. The van der Waals surface area contributed by atoms with Gasteiger partial charge in [0.1, 0.15) is 5.56 Å². The molecule has 0 unspecified atom stereocenters. The second kappa shape index (κ2) is 6.58. The Labute approximate surface area is 141 Å². The summed E-state index contributed by atoms with van der Waals surface area (Å²) >= 11 is 0. The fourth-order valence-electron chi connectivity index (χ4n) is 3.36.